The number of carbonyl (C=O) groups is 1. The van der Waals surface area contributed by atoms with E-state index in [9.17, 15) is 24.1 Å². The Labute approximate surface area is 112 Å². The molecule has 0 aliphatic rings. The first-order valence-corrected chi connectivity index (χ1v) is 7.87. The molecule has 0 heterocycles. The summed E-state index contributed by atoms with van der Waals surface area (Å²) in [5.41, 5.74) is 0. The van der Waals surface area contributed by atoms with Crippen molar-refractivity contribution in [3.05, 3.63) is 0 Å². The van der Waals surface area contributed by atoms with Crippen LogP contribution in [0.25, 0.3) is 0 Å². The highest BCUT2D eigenvalue weighted by atomic mass is 31.2. The summed E-state index contributed by atoms with van der Waals surface area (Å²) >= 11 is 0. The van der Waals surface area contributed by atoms with Gasteiger partial charge in [-0.1, -0.05) is 0 Å². The van der Waals surface area contributed by atoms with Crippen LogP contribution in [0.2, 0.25) is 0 Å². The van der Waals surface area contributed by atoms with Gasteiger partial charge in [-0.3, -0.25) is 9.05 Å². The molecular weight excluding hydrogens is 326 g/mol. The van der Waals surface area contributed by atoms with Crippen molar-refractivity contribution in [2.24, 2.45) is 0 Å². The molecule has 0 amide bonds. The first kappa shape index (κ1) is 19.8. The molecule has 0 bridgehead atoms. The highest BCUT2D eigenvalue weighted by molar-refractivity contribution is 7.46. The molecule has 7 N–H and O–H groups in total. The molecule has 120 valence electrons. The van der Waals surface area contributed by atoms with Crippen LogP contribution in [0.5, 0.6) is 0 Å². The number of hydrogen-bond donors (Lipinski definition) is 7. The van der Waals surface area contributed by atoms with Gasteiger partial charge in [-0.25, -0.2) is 9.13 Å². The minimum absolute atomic E-state index is 0.174. The normalized spacial score (nSPS) is 19.1. The summed E-state index contributed by atoms with van der Waals surface area (Å²) in [7, 11) is -10.3. The highest BCUT2D eigenvalue weighted by Crippen LogP contribution is 2.41. The molecule has 20 heavy (non-hydrogen) atoms. The molecule has 0 spiro atoms. The number of carbonyl (C=O) groups excluding carboxylic acids is 1. The van der Waals surface area contributed by atoms with Gasteiger partial charge in [0.05, 0.1) is 6.61 Å². The SMILES string of the molecule is O=C[C@H](O)[C@@H](O)[C@@H](O)[C@@H](COP(=O)(O)O)OP(=O)(O)O. The molecule has 0 aromatic carbocycles. The van der Waals surface area contributed by atoms with E-state index in [1.54, 1.807) is 0 Å². The Kier molecular flexibility index (Phi) is 7.60. The van der Waals surface area contributed by atoms with Crippen LogP contribution >= 0.6 is 15.6 Å². The van der Waals surface area contributed by atoms with Gasteiger partial charge in [-0.2, -0.15) is 0 Å². The molecule has 0 aromatic heterocycles. The van der Waals surface area contributed by atoms with E-state index in [0.29, 0.717) is 0 Å². The number of aldehydes is 1. The summed E-state index contributed by atoms with van der Waals surface area (Å²) in [5, 5.41) is 27.7. The van der Waals surface area contributed by atoms with E-state index in [1.807, 2.05) is 0 Å². The second-order valence-corrected chi connectivity index (χ2v) is 5.96. The van der Waals surface area contributed by atoms with Crippen LogP contribution in [0, 0.1) is 0 Å². The lowest BCUT2D eigenvalue weighted by Crippen LogP contribution is -2.47. The fraction of sp³-hybridized carbons (Fsp3) is 0.833. The van der Waals surface area contributed by atoms with E-state index < -0.39 is 46.7 Å². The maximum absolute atomic E-state index is 10.6. The monoisotopic (exact) mass is 340 g/mol. The quantitative estimate of drug-likeness (QED) is 0.164. The van der Waals surface area contributed by atoms with Gasteiger partial charge in [0.2, 0.25) is 0 Å². The highest BCUT2D eigenvalue weighted by Gasteiger charge is 2.37. The number of hydrogen-bond acceptors (Lipinski definition) is 8. The summed E-state index contributed by atoms with van der Waals surface area (Å²) in [5.74, 6) is 0. The zero-order chi connectivity index (χ0) is 16.1. The predicted molar refractivity (Wildman–Crippen MR) is 59.0 cm³/mol. The number of phosphoric ester groups is 2. The van der Waals surface area contributed by atoms with Crippen molar-refractivity contribution >= 4 is 21.9 Å². The van der Waals surface area contributed by atoms with Crippen molar-refractivity contribution in [1.82, 2.24) is 0 Å². The molecule has 0 aliphatic carbocycles. The van der Waals surface area contributed by atoms with Crippen LogP contribution in [0.1, 0.15) is 0 Å². The second-order valence-electron chi connectivity index (χ2n) is 3.53. The molecule has 0 saturated heterocycles. The number of phosphoric acid groups is 2. The van der Waals surface area contributed by atoms with Crippen LogP contribution in [-0.2, 0) is 23.0 Å². The van der Waals surface area contributed by atoms with Crippen LogP contribution in [0.3, 0.4) is 0 Å². The van der Waals surface area contributed by atoms with Gasteiger partial charge in [0.25, 0.3) is 0 Å². The summed E-state index contributed by atoms with van der Waals surface area (Å²) in [6.07, 6.45) is -8.89. The van der Waals surface area contributed by atoms with Gasteiger partial charge in [-0.05, 0) is 0 Å². The molecule has 0 fully saturated rings. The Balaban J connectivity index is 4.95. The Morgan fingerprint density at radius 2 is 1.45 bits per heavy atom. The smallest absolute Gasteiger partial charge is 0.387 e. The van der Waals surface area contributed by atoms with Gasteiger partial charge < -0.3 is 39.7 Å². The van der Waals surface area contributed by atoms with E-state index >= 15 is 0 Å². The summed E-state index contributed by atoms with van der Waals surface area (Å²) in [6, 6.07) is 0. The van der Waals surface area contributed by atoms with Crippen LogP contribution in [0.15, 0.2) is 0 Å². The fourth-order valence-corrected chi connectivity index (χ4v) is 1.92. The van der Waals surface area contributed by atoms with E-state index in [2.05, 4.69) is 9.05 Å². The van der Waals surface area contributed by atoms with Gasteiger partial charge in [0.15, 0.2) is 6.29 Å². The van der Waals surface area contributed by atoms with Crippen LogP contribution in [-0.4, -0.2) is 72.2 Å². The minimum atomic E-state index is -5.21. The summed E-state index contributed by atoms with van der Waals surface area (Å²) < 4.78 is 28.9. The van der Waals surface area contributed by atoms with Gasteiger partial charge in [-0.15, -0.1) is 0 Å². The third kappa shape index (κ3) is 8.15. The molecule has 0 radical (unpaired) electrons. The van der Waals surface area contributed by atoms with E-state index in [0.717, 1.165) is 0 Å². The molecule has 0 aromatic rings. The number of aliphatic hydroxyl groups excluding tert-OH is 3. The molecule has 0 aliphatic heterocycles. The van der Waals surface area contributed by atoms with Crippen molar-refractivity contribution in [3.8, 4) is 0 Å². The fourth-order valence-electron chi connectivity index (χ4n) is 1.04. The van der Waals surface area contributed by atoms with Crippen molar-refractivity contribution in [2.75, 3.05) is 6.61 Å². The molecule has 0 rings (SSSR count). The maximum Gasteiger partial charge on any atom is 0.470 e. The first-order chi connectivity index (χ1) is 8.87. The van der Waals surface area contributed by atoms with Crippen molar-refractivity contribution in [3.63, 3.8) is 0 Å². The third-order valence-electron chi connectivity index (χ3n) is 1.90. The summed E-state index contributed by atoms with van der Waals surface area (Å²) in [6.45, 7) is -1.22. The molecular formula is C6H14O12P2. The zero-order valence-electron chi connectivity index (χ0n) is 9.66. The lowest BCUT2D eigenvalue weighted by molar-refractivity contribution is -0.135. The average Bonchev–Trinajstić information content (AvgIpc) is 2.29. The Morgan fingerprint density at radius 1 is 0.950 bits per heavy atom. The lowest BCUT2D eigenvalue weighted by Gasteiger charge is -2.27. The largest absolute Gasteiger partial charge is 0.470 e. The zero-order valence-corrected chi connectivity index (χ0v) is 11.4. The van der Waals surface area contributed by atoms with Gasteiger partial charge in [0, 0.05) is 0 Å². The van der Waals surface area contributed by atoms with E-state index in [4.69, 9.17) is 24.7 Å². The van der Waals surface area contributed by atoms with E-state index in [1.165, 1.54) is 0 Å². The molecule has 4 atom stereocenters. The maximum atomic E-state index is 10.6. The number of aliphatic hydroxyl groups is 3. The van der Waals surface area contributed by atoms with E-state index in [-0.39, 0.29) is 6.29 Å². The Hall–Kier alpha value is -0.230. The standard InChI is InChI=1S/C6H14O12P2/c7-1-3(8)5(9)6(10)4(18-20(14,15)16)2-17-19(11,12)13/h1,3-6,8-10H,2H2,(H2,11,12,13)(H2,14,15,16)/t3-,4+,5+,6-/m0/s1. The lowest BCUT2D eigenvalue weighted by atomic mass is 10.0. The van der Waals surface area contributed by atoms with Crippen LogP contribution < -0.4 is 0 Å². The van der Waals surface area contributed by atoms with Crippen molar-refractivity contribution < 1.29 is 57.9 Å². The van der Waals surface area contributed by atoms with Gasteiger partial charge in [0.1, 0.15) is 24.4 Å². The molecule has 0 saturated carbocycles. The summed E-state index contributed by atoms with van der Waals surface area (Å²) in [4.78, 5) is 44.2. The van der Waals surface area contributed by atoms with Crippen LogP contribution in [0.4, 0.5) is 0 Å². The van der Waals surface area contributed by atoms with Gasteiger partial charge >= 0.3 is 15.6 Å². The van der Waals surface area contributed by atoms with Crippen molar-refractivity contribution in [2.45, 2.75) is 24.4 Å². The molecule has 12 nitrogen and oxygen atoms in total. The van der Waals surface area contributed by atoms with Crippen molar-refractivity contribution in [1.29, 1.82) is 0 Å². The third-order valence-corrected chi connectivity index (χ3v) is 2.93. The molecule has 14 heteroatoms. The second kappa shape index (κ2) is 7.69. The predicted octanol–water partition coefficient (Wildman–Crippen LogP) is -3.14. The minimum Gasteiger partial charge on any atom is -0.387 e. The number of rotatable bonds is 9. The first-order valence-electron chi connectivity index (χ1n) is 4.81. The molecule has 0 unspecified atom stereocenters. The topological polar surface area (TPSA) is 211 Å². The average molecular weight is 340 g/mol. The Bertz CT molecular complexity index is 399. The Morgan fingerprint density at radius 3 is 1.80 bits per heavy atom.